The van der Waals surface area contributed by atoms with Crippen LogP contribution in [0.15, 0.2) is 73.8 Å². The first-order chi connectivity index (χ1) is 45.3. The molecule has 9 rings (SSSR count). The summed E-state index contributed by atoms with van der Waals surface area (Å²) in [4.78, 5) is 20.2. The molecule has 2 aliphatic heterocycles. The van der Waals surface area contributed by atoms with Crippen LogP contribution in [0.2, 0.25) is 0 Å². The number of nitrogens with one attached hydrogen (secondary N) is 2. The van der Waals surface area contributed by atoms with Gasteiger partial charge in [-0.15, -0.1) is 18.7 Å². The van der Waals surface area contributed by atoms with Crippen LogP contribution in [0, 0.1) is 0 Å². The zero-order valence-electron chi connectivity index (χ0n) is 59.0. The van der Waals surface area contributed by atoms with E-state index in [-0.39, 0.29) is 0 Å². The molecule has 2 aliphatic rings. The Morgan fingerprint density at radius 1 is 0.272 bits per heavy atom. The second-order valence-corrected chi connectivity index (χ2v) is 27.1. The van der Waals surface area contributed by atoms with Gasteiger partial charge < -0.3 is 9.97 Å². The van der Waals surface area contributed by atoms with Crippen molar-refractivity contribution in [2.75, 3.05) is 0 Å². The number of aryl methyl sites for hydroxylation is 8. The molecule has 0 amide bonds. The van der Waals surface area contributed by atoms with E-state index in [2.05, 4.69) is 201 Å². The molecule has 2 N–H and O–H groups in total. The zero-order valence-corrected chi connectivity index (χ0v) is 59.0. The highest BCUT2D eigenvalue weighted by Gasteiger charge is 2.27. The van der Waals surface area contributed by atoms with Gasteiger partial charge in [0.05, 0.1) is 96.0 Å². The molecule has 0 unspecified atom stereocenters. The summed E-state index contributed by atoms with van der Waals surface area (Å²) in [5.74, 6) is 0. The molecule has 0 aromatic carbocycles. The monoisotopic (exact) mass is 1250 g/mol. The summed E-state index contributed by atoms with van der Waals surface area (Å²) < 4.78 is 20.2. The van der Waals surface area contributed by atoms with Crippen LogP contribution >= 0.6 is 0 Å². The third-order valence-electron chi connectivity index (χ3n) is 19.5. The lowest BCUT2D eigenvalue weighted by molar-refractivity contribution is -0.775. The van der Waals surface area contributed by atoms with Gasteiger partial charge >= 0.3 is 0 Å². The molecule has 9 heterocycles. The second kappa shape index (κ2) is 37.4. The van der Waals surface area contributed by atoms with Crippen LogP contribution in [-0.4, -0.2) is 38.7 Å². The number of aromatic nitrogens is 12. The molecule has 0 spiro atoms. The summed E-state index contributed by atoms with van der Waals surface area (Å²) in [5, 5.41) is 0. The highest BCUT2D eigenvalue weighted by Crippen LogP contribution is 2.39. The van der Waals surface area contributed by atoms with Gasteiger partial charge in [-0.25, -0.2) is 9.97 Å². The highest BCUT2D eigenvalue weighted by atomic mass is 15.4. The average molecular weight is 1250 g/mol. The number of hydrogen-bond donors (Lipinski definition) is 2. The summed E-state index contributed by atoms with van der Waals surface area (Å²) >= 11 is 0. The molecule has 498 valence electrons. The normalized spacial score (nSPS) is 12.3. The minimum absolute atomic E-state index is 0.979. The molecule has 7 aromatic rings. The zero-order chi connectivity index (χ0) is 64.3. The van der Waals surface area contributed by atoms with Gasteiger partial charge in [0, 0.05) is 70.0 Å². The van der Waals surface area contributed by atoms with Crippen LogP contribution in [-0.2, 0) is 52.4 Å². The maximum atomic E-state index is 5.92. The Labute approximate surface area is 555 Å². The van der Waals surface area contributed by atoms with Gasteiger partial charge in [-0.2, -0.15) is 18.7 Å². The molecule has 12 nitrogen and oxygen atoms in total. The number of unbranched alkanes of at least 4 members (excludes halogenated alkanes) is 24. The Balaban J connectivity index is 1.36. The van der Waals surface area contributed by atoms with Crippen molar-refractivity contribution in [3.63, 3.8) is 0 Å². The molecule has 12 heteroatoms. The first-order valence-corrected chi connectivity index (χ1v) is 37.9. The predicted octanol–water partition coefficient (Wildman–Crippen LogP) is 20.3. The third-order valence-corrected chi connectivity index (χ3v) is 19.5. The lowest BCUT2D eigenvalue weighted by Gasteiger charge is -2.03. The summed E-state index contributed by atoms with van der Waals surface area (Å²) in [6.07, 6.45) is 67.9. The second-order valence-electron chi connectivity index (χ2n) is 27.1. The molecule has 0 saturated carbocycles. The van der Waals surface area contributed by atoms with Crippen LogP contribution in [0.1, 0.15) is 284 Å². The molecular formula is C80H122N12+4. The van der Waals surface area contributed by atoms with Crippen LogP contribution in [0.25, 0.3) is 90.9 Å². The van der Waals surface area contributed by atoms with E-state index >= 15 is 0 Å². The maximum Gasteiger partial charge on any atom is 0.203 e. The number of H-pyrrole nitrogens is 2. The molecule has 0 atom stereocenters. The first kappa shape index (κ1) is 69.8. The number of hydrogen-bond acceptors (Lipinski definition) is 2. The predicted molar refractivity (Wildman–Crippen MR) is 386 cm³/mol. The van der Waals surface area contributed by atoms with E-state index in [4.69, 9.17) is 9.97 Å². The van der Waals surface area contributed by atoms with Crippen molar-refractivity contribution in [1.82, 2.24) is 38.7 Å². The number of nitrogens with zero attached hydrogens (tertiary/aromatic N) is 10. The van der Waals surface area contributed by atoms with E-state index in [0.29, 0.717) is 0 Å². The van der Waals surface area contributed by atoms with Crippen molar-refractivity contribution in [2.24, 2.45) is 0 Å². The molecular weight excluding hydrogens is 1130 g/mol. The van der Waals surface area contributed by atoms with Gasteiger partial charge in [-0.05, 0) is 99.9 Å². The fourth-order valence-corrected chi connectivity index (χ4v) is 14.1. The summed E-state index contributed by atoms with van der Waals surface area (Å²) in [6.45, 7) is 26.5. The van der Waals surface area contributed by atoms with Gasteiger partial charge in [0.25, 0.3) is 0 Å². The minimum Gasteiger partial charge on any atom is -0.354 e. The van der Waals surface area contributed by atoms with E-state index in [0.717, 1.165) is 171 Å². The Kier molecular flexibility index (Phi) is 28.3. The fourth-order valence-electron chi connectivity index (χ4n) is 14.1. The van der Waals surface area contributed by atoms with Crippen LogP contribution in [0.4, 0.5) is 0 Å². The van der Waals surface area contributed by atoms with E-state index in [1.54, 1.807) is 0 Å². The van der Waals surface area contributed by atoms with Crippen molar-refractivity contribution < 1.29 is 18.7 Å². The Morgan fingerprint density at radius 2 is 0.478 bits per heavy atom. The van der Waals surface area contributed by atoms with Gasteiger partial charge in [0.1, 0.15) is 0 Å². The Bertz CT molecular complexity index is 3010. The van der Waals surface area contributed by atoms with Crippen molar-refractivity contribution >= 4 is 46.4 Å². The Morgan fingerprint density at radius 3 is 0.685 bits per heavy atom. The minimum atomic E-state index is 0.979. The molecule has 0 saturated heterocycles. The third kappa shape index (κ3) is 18.9. The van der Waals surface area contributed by atoms with Crippen LogP contribution in [0.3, 0.4) is 0 Å². The van der Waals surface area contributed by atoms with E-state index in [9.17, 15) is 0 Å². The first-order valence-electron chi connectivity index (χ1n) is 37.9. The molecule has 0 fully saturated rings. The summed E-state index contributed by atoms with van der Waals surface area (Å²) in [5.41, 5.74) is 17.5. The molecule has 92 heavy (non-hydrogen) atoms. The molecule has 0 radical (unpaired) electrons. The topological polar surface area (TPSA) is 92.6 Å². The summed E-state index contributed by atoms with van der Waals surface area (Å²) in [7, 11) is 0. The van der Waals surface area contributed by atoms with E-state index in [1.165, 1.54) is 176 Å². The van der Waals surface area contributed by atoms with Crippen molar-refractivity contribution in [2.45, 2.75) is 313 Å². The highest BCUT2D eigenvalue weighted by molar-refractivity contribution is 5.99. The quantitative estimate of drug-likeness (QED) is 0.0294. The van der Waals surface area contributed by atoms with Gasteiger partial charge in [0.2, 0.25) is 24.8 Å². The standard InChI is InChI=1S/C80H122N12/c1-9-17-25-33-49-85-57-65(58-86(85)50-34-26-18-10-2)77-69-41-43-71(81-69)78(66-59-87(51-35-27-19-11-3)88(60-66)52-36-28-20-12-4)73-45-47-75(83-73)80(68-63-91(55-39-31-23-15-7)92(64-68)56-40-32-24-16-8)76-48-46-74(84-76)79(72-44-42-70(77)82-72)67-61-89(53-37-29-21-13-5)90(62-67)54-38-30-22-14-6/h41-48,57-64,81,84H,9-40,49-56H2,1-8H3/q+4. The molecule has 7 aromatic heterocycles. The van der Waals surface area contributed by atoms with Crippen molar-refractivity contribution in [3.05, 3.63) is 96.6 Å². The van der Waals surface area contributed by atoms with E-state index < -0.39 is 0 Å². The molecule has 0 aliphatic carbocycles. The summed E-state index contributed by atoms with van der Waals surface area (Å²) in [6, 6.07) is 9.36. The molecule has 8 bridgehead atoms. The number of rotatable bonds is 44. The van der Waals surface area contributed by atoms with Gasteiger partial charge in [0.15, 0.2) is 26.2 Å². The van der Waals surface area contributed by atoms with Crippen LogP contribution < -0.4 is 18.7 Å². The van der Waals surface area contributed by atoms with Crippen LogP contribution in [0.5, 0.6) is 0 Å². The number of aromatic amines is 2. The maximum absolute atomic E-state index is 5.92. The SMILES string of the molecule is CCCCCCn1cc(-c2c3nc(c(-c4cn(CCCCCC)[n+](CCCCCC)c4)c4ccc([nH]4)c(-c4cn(CCCCCC)[n+](CCCCCC)c4)c4nc(c(-c5cn(CCCCCC)[n+](CCCCCC)c5)c5ccc2[nH]5)C=C4)C=C3)c[n+]1CCCCCC. The van der Waals surface area contributed by atoms with Gasteiger partial charge in [-0.3, -0.25) is 0 Å². The number of fused-ring (bicyclic) bond motifs is 8. The van der Waals surface area contributed by atoms with Crippen molar-refractivity contribution in [1.29, 1.82) is 0 Å². The Hall–Kier alpha value is -6.56. The smallest absolute Gasteiger partial charge is 0.203 e. The van der Waals surface area contributed by atoms with Crippen molar-refractivity contribution in [3.8, 4) is 44.5 Å². The lowest BCUT2D eigenvalue weighted by Crippen LogP contribution is -2.42. The average Bonchev–Trinajstić information content (AvgIpc) is 1.63. The van der Waals surface area contributed by atoms with Gasteiger partial charge in [-0.1, -0.05) is 184 Å². The largest absolute Gasteiger partial charge is 0.354 e. The van der Waals surface area contributed by atoms with E-state index in [1.807, 2.05) is 0 Å². The fraction of sp³-hybridized carbons (Fsp3) is 0.600. The lowest BCUT2D eigenvalue weighted by atomic mass is 10.1.